The summed E-state index contributed by atoms with van der Waals surface area (Å²) in [5.74, 6) is -0.673. The first-order valence-electron chi connectivity index (χ1n) is 8.66. The van der Waals surface area contributed by atoms with Crippen LogP contribution in [0, 0.1) is 5.92 Å². The third-order valence-corrected chi connectivity index (χ3v) is 4.27. The van der Waals surface area contributed by atoms with E-state index < -0.39 is 11.6 Å². The predicted octanol–water partition coefficient (Wildman–Crippen LogP) is 3.47. The quantitative estimate of drug-likeness (QED) is 0.906. The molecular weight excluding hydrogens is 320 g/mol. The fourth-order valence-corrected chi connectivity index (χ4v) is 3.00. The normalized spacial score (nSPS) is 18.4. The van der Waals surface area contributed by atoms with Gasteiger partial charge < -0.3 is 19.6 Å². The fraction of sp³-hybridized carbons (Fsp3) is 0.579. The summed E-state index contributed by atoms with van der Waals surface area (Å²) >= 11 is 0. The molecule has 1 heterocycles. The van der Waals surface area contributed by atoms with Gasteiger partial charge in [0.15, 0.2) is 0 Å². The lowest BCUT2D eigenvalue weighted by Crippen LogP contribution is -2.58. The van der Waals surface area contributed by atoms with Crippen molar-refractivity contribution in [2.75, 3.05) is 24.5 Å². The number of ether oxygens (including phenoxy) is 1. The Morgan fingerprint density at radius 1 is 1.24 bits per heavy atom. The van der Waals surface area contributed by atoms with E-state index in [1.54, 1.807) is 23.1 Å². The Kier molecular flexibility index (Phi) is 5.60. The number of carbonyl (C=O) groups is 2. The molecule has 1 fully saturated rings. The number of carboxylic acids is 1. The maximum atomic E-state index is 12.5. The van der Waals surface area contributed by atoms with Crippen LogP contribution in [0.2, 0.25) is 0 Å². The molecule has 0 aromatic heterocycles. The van der Waals surface area contributed by atoms with Crippen molar-refractivity contribution in [2.45, 2.75) is 46.3 Å². The zero-order chi connectivity index (χ0) is 18.8. The highest BCUT2D eigenvalue weighted by atomic mass is 16.6. The van der Waals surface area contributed by atoms with E-state index in [2.05, 4.69) is 18.7 Å². The molecule has 1 N–H and O–H groups in total. The zero-order valence-electron chi connectivity index (χ0n) is 15.7. The van der Waals surface area contributed by atoms with E-state index in [0.29, 0.717) is 19.6 Å². The van der Waals surface area contributed by atoms with Gasteiger partial charge in [-0.1, -0.05) is 19.9 Å². The summed E-state index contributed by atoms with van der Waals surface area (Å²) in [5, 5.41) is 9.18. The van der Waals surface area contributed by atoms with Gasteiger partial charge >= 0.3 is 12.1 Å². The van der Waals surface area contributed by atoms with Crippen LogP contribution in [0.3, 0.4) is 0 Å². The lowest BCUT2D eigenvalue weighted by molar-refractivity contribution is 0.00882. The number of hydrogen-bond acceptors (Lipinski definition) is 4. The monoisotopic (exact) mass is 348 g/mol. The van der Waals surface area contributed by atoms with E-state index in [-0.39, 0.29) is 23.6 Å². The Labute approximate surface area is 149 Å². The second-order valence-electron chi connectivity index (χ2n) is 7.79. The van der Waals surface area contributed by atoms with Crippen molar-refractivity contribution in [3.8, 4) is 0 Å². The van der Waals surface area contributed by atoms with Crippen LogP contribution in [0.25, 0.3) is 0 Å². The molecule has 1 saturated heterocycles. The van der Waals surface area contributed by atoms with Crippen LogP contribution in [0.1, 0.15) is 45.0 Å². The number of amides is 1. The van der Waals surface area contributed by atoms with E-state index in [4.69, 9.17) is 4.74 Å². The third kappa shape index (κ3) is 4.87. The maximum Gasteiger partial charge on any atom is 0.410 e. The van der Waals surface area contributed by atoms with Gasteiger partial charge in [0.25, 0.3) is 0 Å². The summed E-state index contributed by atoms with van der Waals surface area (Å²) in [4.78, 5) is 27.7. The number of piperazine rings is 1. The SMILES string of the molecule is CC(C)[C@@H]1CN(c2cccc(C(=O)O)c2)CCN1C(=O)OC(C)(C)C. The molecular formula is C19H28N2O4. The summed E-state index contributed by atoms with van der Waals surface area (Å²) in [6, 6.07) is 6.94. The van der Waals surface area contributed by atoms with Gasteiger partial charge in [0.1, 0.15) is 5.60 Å². The molecule has 1 aromatic carbocycles. The van der Waals surface area contributed by atoms with Gasteiger partial charge in [0.05, 0.1) is 11.6 Å². The molecule has 6 nitrogen and oxygen atoms in total. The van der Waals surface area contributed by atoms with Crippen molar-refractivity contribution in [1.29, 1.82) is 0 Å². The molecule has 1 aromatic rings. The number of rotatable bonds is 3. The first kappa shape index (κ1) is 19.1. The Bertz CT molecular complexity index is 637. The molecule has 1 aliphatic heterocycles. The van der Waals surface area contributed by atoms with E-state index in [1.807, 2.05) is 26.8 Å². The molecule has 1 amide bonds. The largest absolute Gasteiger partial charge is 0.478 e. The number of carboxylic acid groups (broad SMARTS) is 1. The highest BCUT2D eigenvalue weighted by molar-refractivity contribution is 5.88. The smallest absolute Gasteiger partial charge is 0.410 e. The third-order valence-electron chi connectivity index (χ3n) is 4.27. The van der Waals surface area contributed by atoms with Crippen molar-refractivity contribution < 1.29 is 19.4 Å². The van der Waals surface area contributed by atoms with Crippen LogP contribution in [0.5, 0.6) is 0 Å². The highest BCUT2D eigenvalue weighted by Crippen LogP contribution is 2.25. The first-order valence-corrected chi connectivity index (χ1v) is 8.66. The van der Waals surface area contributed by atoms with Crippen LogP contribution >= 0.6 is 0 Å². The Balaban J connectivity index is 2.17. The number of anilines is 1. The number of carbonyl (C=O) groups excluding carboxylic acids is 1. The Hall–Kier alpha value is -2.24. The average molecular weight is 348 g/mol. The van der Waals surface area contributed by atoms with Gasteiger partial charge in [-0.15, -0.1) is 0 Å². The van der Waals surface area contributed by atoms with E-state index in [0.717, 1.165) is 5.69 Å². The number of aromatic carboxylic acids is 1. The molecule has 25 heavy (non-hydrogen) atoms. The van der Waals surface area contributed by atoms with Gasteiger partial charge in [0, 0.05) is 25.3 Å². The second-order valence-corrected chi connectivity index (χ2v) is 7.79. The molecule has 0 radical (unpaired) electrons. The fourth-order valence-electron chi connectivity index (χ4n) is 3.00. The molecule has 2 rings (SSSR count). The Morgan fingerprint density at radius 3 is 2.48 bits per heavy atom. The lowest BCUT2D eigenvalue weighted by Gasteiger charge is -2.44. The standard InChI is InChI=1S/C19H28N2O4/c1-13(2)16-12-20(15-8-6-7-14(11-15)17(22)23)9-10-21(16)18(24)25-19(3,4)5/h6-8,11,13,16H,9-10,12H2,1-5H3,(H,22,23)/t16-/m0/s1. The van der Waals surface area contributed by atoms with Crippen LogP contribution in [-0.2, 0) is 4.74 Å². The number of hydrogen-bond donors (Lipinski definition) is 1. The van der Waals surface area contributed by atoms with Gasteiger partial charge in [-0.05, 0) is 44.9 Å². The minimum absolute atomic E-state index is 0.0112. The van der Waals surface area contributed by atoms with Crippen molar-refractivity contribution in [3.05, 3.63) is 29.8 Å². The summed E-state index contributed by atoms with van der Waals surface area (Å²) in [6.45, 7) is 11.6. The van der Waals surface area contributed by atoms with E-state index >= 15 is 0 Å². The van der Waals surface area contributed by atoms with Crippen LogP contribution < -0.4 is 4.90 Å². The average Bonchev–Trinajstić information content (AvgIpc) is 2.52. The summed E-state index contributed by atoms with van der Waals surface area (Å²) in [7, 11) is 0. The highest BCUT2D eigenvalue weighted by Gasteiger charge is 2.35. The number of benzene rings is 1. The molecule has 6 heteroatoms. The molecule has 0 aliphatic carbocycles. The van der Waals surface area contributed by atoms with Crippen molar-refractivity contribution in [2.24, 2.45) is 5.92 Å². The van der Waals surface area contributed by atoms with Gasteiger partial charge in [-0.2, -0.15) is 0 Å². The van der Waals surface area contributed by atoms with Crippen LogP contribution in [0.15, 0.2) is 24.3 Å². The van der Waals surface area contributed by atoms with Crippen molar-refractivity contribution >= 4 is 17.7 Å². The summed E-state index contributed by atoms with van der Waals surface area (Å²) < 4.78 is 5.54. The molecule has 0 bridgehead atoms. The summed E-state index contributed by atoms with van der Waals surface area (Å²) in [5.41, 5.74) is 0.619. The Morgan fingerprint density at radius 2 is 1.92 bits per heavy atom. The zero-order valence-corrected chi connectivity index (χ0v) is 15.7. The van der Waals surface area contributed by atoms with E-state index in [9.17, 15) is 14.7 Å². The molecule has 0 saturated carbocycles. The van der Waals surface area contributed by atoms with Gasteiger partial charge in [0.2, 0.25) is 0 Å². The van der Waals surface area contributed by atoms with Crippen molar-refractivity contribution in [3.63, 3.8) is 0 Å². The second kappa shape index (κ2) is 7.33. The minimum Gasteiger partial charge on any atom is -0.478 e. The van der Waals surface area contributed by atoms with Gasteiger partial charge in [-0.25, -0.2) is 9.59 Å². The molecule has 1 atom stereocenters. The molecule has 1 aliphatic rings. The minimum atomic E-state index is -0.936. The van der Waals surface area contributed by atoms with Crippen LogP contribution in [0.4, 0.5) is 10.5 Å². The van der Waals surface area contributed by atoms with Crippen molar-refractivity contribution in [1.82, 2.24) is 4.90 Å². The maximum absolute atomic E-state index is 12.5. The number of nitrogens with zero attached hydrogens (tertiary/aromatic N) is 2. The predicted molar refractivity (Wildman–Crippen MR) is 97.2 cm³/mol. The van der Waals surface area contributed by atoms with E-state index in [1.165, 1.54) is 0 Å². The first-order chi connectivity index (χ1) is 11.6. The topological polar surface area (TPSA) is 70.1 Å². The van der Waals surface area contributed by atoms with Gasteiger partial charge in [-0.3, -0.25) is 0 Å². The summed E-state index contributed by atoms with van der Waals surface area (Å²) in [6.07, 6.45) is -0.287. The molecule has 138 valence electrons. The molecule has 0 unspecified atom stereocenters. The lowest BCUT2D eigenvalue weighted by atomic mass is 9.99. The molecule has 0 spiro atoms. The van der Waals surface area contributed by atoms with Crippen LogP contribution in [-0.4, -0.2) is 53.3 Å².